The maximum Gasteiger partial charge on any atom is 0.470 e. The van der Waals surface area contributed by atoms with Gasteiger partial charge in [0.2, 0.25) is 0 Å². The van der Waals surface area contributed by atoms with Crippen molar-refractivity contribution in [1.82, 2.24) is 0 Å². The Morgan fingerprint density at radius 2 is 1.28 bits per heavy atom. The largest absolute Gasteiger partial charge is 0.470 e. The van der Waals surface area contributed by atoms with Crippen molar-refractivity contribution in [3.05, 3.63) is 0 Å². The zero-order valence-corrected chi connectivity index (χ0v) is 14.8. The fraction of sp³-hybridized carbons (Fsp3) is 1.00. The third kappa shape index (κ3) is 8.18. The van der Waals surface area contributed by atoms with E-state index in [2.05, 4.69) is 13.6 Å². The monoisotopic (exact) mass is 434 g/mol. The lowest BCUT2D eigenvalue weighted by molar-refractivity contribution is -0.227. The van der Waals surface area contributed by atoms with Crippen LogP contribution in [0.3, 0.4) is 0 Å². The molecule has 18 heteroatoms. The topological polar surface area (TPSA) is 250 Å². The standard InChI is InChI=1S/C7H17O15P3/c8-1-3-6(21-24(13,14)15)7(22-25(16,17)18)5(9)4(20-3)2-19-23(10,11)12/h3-9H,1-2H2,(H2,10,11,12)(H2,13,14,15)(H2,16,17,18)/t3-,4-,5+,6-,7-/m1/s1. The molecule has 1 fully saturated rings. The molecule has 0 saturated carbocycles. The third-order valence-corrected chi connectivity index (χ3v) is 4.38. The summed E-state index contributed by atoms with van der Waals surface area (Å²) in [5, 5.41) is 19.3. The van der Waals surface area contributed by atoms with E-state index >= 15 is 0 Å². The zero-order chi connectivity index (χ0) is 19.6. The van der Waals surface area contributed by atoms with Crippen LogP contribution in [0, 0.1) is 0 Å². The van der Waals surface area contributed by atoms with Gasteiger partial charge in [-0.25, -0.2) is 13.7 Å². The smallest absolute Gasteiger partial charge is 0.394 e. The summed E-state index contributed by atoms with van der Waals surface area (Å²) in [5.74, 6) is 0. The summed E-state index contributed by atoms with van der Waals surface area (Å²) < 4.78 is 50.3. The maximum absolute atomic E-state index is 11.0. The molecule has 1 saturated heterocycles. The van der Waals surface area contributed by atoms with E-state index in [1.165, 1.54) is 0 Å². The Hall–Kier alpha value is 0.210. The van der Waals surface area contributed by atoms with Crippen LogP contribution in [0.25, 0.3) is 0 Å². The summed E-state index contributed by atoms with van der Waals surface area (Å²) >= 11 is 0. The molecule has 1 aliphatic rings. The molecule has 25 heavy (non-hydrogen) atoms. The molecule has 0 spiro atoms. The van der Waals surface area contributed by atoms with E-state index in [0.717, 1.165) is 0 Å². The van der Waals surface area contributed by atoms with Crippen molar-refractivity contribution in [2.24, 2.45) is 0 Å². The molecule has 150 valence electrons. The second-order valence-electron chi connectivity index (χ2n) is 4.79. The summed E-state index contributed by atoms with van der Waals surface area (Å²) in [6.07, 6.45) is -9.63. The van der Waals surface area contributed by atoms with Crippen LogP contribution in [0.4, 0.5) is 0 Å². The maximum atomic E-state index is 11.0. The highest BCUT2D eigenvalue weighted by atomic mass is 31.2. The highest BCUT2D eigenvalue weighted by molar-refractivity contribution is 7.46. The Labute approximate surface area is 139 Å². The second kappa shape index (κ2) is 8.48. The van der Waals surface area contributed by atoms with Gasteiger partial charge in [-0.3, -0.25) is 13.6 Å². The minimum atomic E-state index is -5.31. The van der Waals surface area contributed by atoms with Gasteiger partial charge >= 0.3 is 23.5 Å². The first-order valence-corrected chi connectivity index (χ1v) is 10.8. The van der Waals surface area contributed by atoms with Gasteiger partial charge in [-0.15, -0.1) is 0 Å². The van der Waals surface area contributed by atoms with Crippen LogP contribution < -0.4 is 0 Å². The molecule has 0 amide bonds. The average Bonchev–Trinajstić information content (AvgIpc) is 2.38. The molecule has 0 bridgehead atoms. The molecule has 8 N–H and O–H groups in total. The molecule has 15 nitrogen and oxygen atoms in total. The molecule has 0 aromatic carbocycles. The molecule has 0 radical (unpaired) electrons. The van der Waals surface area contributed by atoms with Crippen LogP contribution in [0.2, 0.25) is 0 Å². The molecular weight excluding hydrogens is 417 g/mol. The number of phosphoric ester groups is 3. The van der Waals surface area contributed by atoms with Crippen LogP contribution in [0.1, 0.15) is 0 Å². The van der Waals surface area contributed by atoms with E-state index in [4.69, 9.17) is 34.1 Å². The summed E-state index contributed by atoms with van der Waals surface area (Å²) in [7, 11) is -15.6. The van der Waals surface area contributed by atoms with Crippen LogP contribution >= 0.6 is 23.5 Å². The lowest BCUT2D eigenvalue weighted by atomic mass is 9.95. The first-order valence-electron chi connectivity index (χ1n) is 6.25. The van der Waals surface area contributed by atoms with Gasteiger partial charge < -0.3 is 44.3 Å². The predicted octanol–water partition coefficient (Wildman–Crippen LogP) is -2.83. The number of aliphatic hydroxyl groups is 2. The number of phosphoric acid groups is 3. The van der Waals surface area contributed by atoms with Gasteiger partial charge in [0.15, 0.2) is 0 Å². The van der Waals surface area contributed by atoms with Crippen molar-refractivity contribution in [1.29, 1.82) is 0 Å². The molecule has 1 aliphatic heterocycles. The summed E-state index contributed by atoms with van der Waals surface area (Å²) in [5.41, 5.74) is 0. The molecule has 1 heterocycles. The average molecular weight is 434 g/mol. The van der Waals surface area contributed by atoms with Crippen LogP contribution in [0.5, 0.6) is 0 Å². The summed E-state index contributed by atoms with van der Waals surface area (Å²) in [4.78, 5) is 52.7. The minimum Gasteiger partial charge on any atom is -0.394 e. The molecule has 0 aromatic heterocycles. The molecule has 5 atom stereocenters. The normalized spacial score (nSPS) is 31.9. The number of hydrogen-bond donors (Lipinski definition) is 8. The quantitative estimate of drug-likeness (QED) is 0.179. The lowest BCUT2D eigenvalue weighted by Gasteiger charge is -2.43. The van der Waals surface area contributed by atoms with Gasteiger partial charge in [0, 0.05) is 0 Å². The van der Waals surface area contributed by atoms with Crippen LogP contribution in [-0.2, 0) is 32.0 Å². The first kappa shape index (κ1) is 23.2. The highest BCUT2D eigenvalue weighted by Crippen LogP contribution is 2.47. The Morgan fingerprint density at radius 3 is 1.68 bits per heavy atom. The molecule has 0 unspecified atom stereocenters. The fourth-order valence-electron chi connectivity index (χ4n) is 2.02. The highest BCUT2D eigenvalue weighted by Gasteiger charge is 2.51. The van der Waals surface area contributed by atoms with Crippen molar-refractivity contribution in [2.75, 3.05) is 13.2 Å². The van der Waals surface area contributed by atoms with Gasteiger partial charge in [0.25, 0.3) is 0 Å². The molecule has 0 aromatic rings. The van der Waals surface area contributed by atoms with Crippen molar-refractivity contribution < 1.29 is 71.6 Å². The Kier molecular flexibility index (Phi) is 7.89. The van der Waals surface area contributed by atoms with Crippen LogP contribution in [0.15, 0.2) is 0 Å². The van der Waals surface area contributed by atoms with Crippen molar-refractivity contribution in [2.45, 2.75) is 30.5 Å². The summed E-state index contributed by atoms with van der Waals surface area (Å²) in [6.45, 7) is -2.00. The predicted molar refractivity (Wildman–Crippen MR) is 73.6 cm³/mol. The van der Waals surface area contributed by atoms with Gasteiger partial charge in [-0.05, 0) is 0 Å². The fourth-order valence-corrected chi connectivity index (χ4v) is 3.50. The SMILES string of the molecule is O=P(O)(O)OC[C@H]1O[C@H](CO)[C@@H](OP(=O)(O)O)[C@H](OP(=O)(O)O)[C@H]1O. The van der Waals surface area contributed by atoms with E-state index < -0.39 is 67.2 Å². The van der Waals surface area contributed by atoms with Gasteiger partial charge in [0.05, 0.1) is 13.2 Å². The number of rotatable bonds is 8. The van der Waals surface area contributed by atoms with Crippen molar-refractivity contribution >= 4 is 23.5 Å². The number of ether oxygens (including phenoxy) is 1. The Bertz CT molecular complexity index is 576. The van der Waals surface area contributed by atoms with E-state index in [1.807, 2.05) is 0 Å². The van der Waals surface area contributed by atoms with Gasteiger partial charge in [-0.2, -0.15) is 0 Å². The molecular formula is C7H17O15P3. The number of aliphatic hydroxyl groups excluding tert-OH is 2. The minimum absolute atomic E-state index is 0.994. The molecule has 0 aliphatic carbocycles. The Morgan fingerprint density at radius 1 is 0.800 bits per heavy atom. The first-order chi connectivity index (χ1) is 11.1. The van der Waals surface area contributed by atoms with E-state index in [-0.39, 0.29) is 0 Å². The van der Waals surface area contributed by atoms with Crippen LogP contribution in [-0.4, -0.2) is 83.3 Å². The van der Waals surface area contributed by atoms with E-state index in [1.54, 1.807) is 0 Å². The van der Waals surface area contributed by atoms with Crippen molar-refractivity contribution in [3.63, 3.8) is 0 Å². The van der Waals surface area contributed by atoms with Gasteiger partial charge in [0.1, 0.15) is 30.5 Å². The van der Waals surface area contributed by atoms with Crippen molar-refractivity contribution in [3.8, 4) is 0 Å². The molecule has 1 rings (SSSR count). The third-order valence-electron chi connectivity index (χ3n) is 2.86. The lowest BCUT2D eigenvalue weighted by Crippen LogP contribution is -2.60. The zero-order valence-electron chi connectivity index (χ0n) is 12.1. The van der Waals surface area contributed by atoms with E-state index in [0.29, 0.717) is 0 Å². The number of hydrogen-bond acceptors (Lipinski definition) is 9. The van der Waals surface area contributed by atoms with Gasteiger partial charge in [-0.1, -0.05) is 0 Å². The second-order valence-corrected chi connectivity index (χ2v) is 8.42. The van der Waals surface area contributed by atoms with E-state index in [9.17, 15) is 23.9 Å². The Balaban J connectivity index is 3.10. The summed E-state index contributed by atoms with van der Waals surface area (Å²) in [6, 6.07) is 0.